The first-order valence-corrected chi connectivity index (χ1v) is 6.81. The average Bonchev–Trinajstić information content (AvgIpc) is 3.04. The summed E-state index contributed by atoms with van der Waals surface area (Å²) in [6.45, 7) is 0.728. The van der Waals surface area contributed by atoms with Gasteiger partial charge in [0.25, 0.3) is 5.91 Å². The standard InChI is InChI=1S/C14H14N4O2/c15-7-12-9-1-3-10(4-2-9)13(12,8-16)14(18-11(12)17)19-5-6-20-14/h1,3,9-10H,2,4-6H2,(H2,17,18)/t9-,10+,12-,13+/m0/s1. The minimum Gasteiger partial charge on any atom is -0.386 e. The van der Waals surface area contributed by atoms with E-state index in [1.165, 1.54) is 0 Å². The highest BCUT2D eigenvalue weighted by molar-refractivity contribution is 5.95. The van der Waals surface area contributed by atoms with E-state index in [0.29, 0.717) is 13.2 Å². The van der Waals surface area contributed by atoms with Crippen molar-refractivity contribution in [1.29, 1.82) is 10.5 Å². The van der Waals surface area contributed by atoms with Crippen LogP contribution in [0.25, 0.3) is 0 Å². The number of allylic oxidation sites excluding steroid dienone is 2. The van der Waals surface area contributed by atoms with E-state index in [-0.39, 0.29) is 17.7 Å². The molecular formula is C14H14N4O2. The molecule has 2 bridgehead atoms. The van der Waals surface area contributed by atoms with Gasteiger partial charge in [-0.25, -0.2) is 4.99 Å². The Balaban J connectivity index is 2.05. The number of fused-ring (bicyclic) bond motifs is 1. The molecule has 0 radical (unpaired) electrons. The Hall–Kier alpha value is -1.89. The van der Waals surface area contributed by atoms with Crippen LogP contribution in [-0.4, -0.2) is 25.0 Å². The van der Waals surface area contributed by atoms with E-state index in [0.717, 1.165) is 12.8 Å². The maximum absolute atomic E-state index is 9.99. The van der Waals surface area contributed by atoms with Crippen molar-refractivity contribution >= 4 is 5.84 Å². The van der Waals surface area contributed by atoms with Gasteiger partial charge >= 0.3 is 0 Å². The lowest BCUT2D eigenvalue weighted by Gasteiger charge is -2.54. The smallest absolute Gasteiger partial charge is 0.293 e. The van der Waals surface area contributed by atoms with Crippen LogP contribution in [0.3, 0.4) is 0 Å². The van der Waals surface area contributed by atoms with Gasteiger partial charge in [0, 0.05) is 11.8 Å². The van der Waals surface area contributed by atoms with Crippen LogP contribution in [-0.2, 0) is 9.47 Å². The summed E-state index contributed by atoms with van der Waals surface area (Å²) < 4.78 is 11.4. The molecule has 5 aliphatic rings. The monoisotopic (exact) mass is 270 g/mol. The van der Waals surface area contributed by atoms with E-state index in [2.05, 4.69) is 17.1 Å². The second kappa shape index (κ2) is 3.41. The molecule has 0 aromatic heterocycles. The number of amidine groups is 1. The van der Waals surface area contributed by atoms with Crippen LogP contribution >= 0.6 is 0 Å². The fourth-order valence-electron chi connectivity index (χ4n) is 4.50. The molecule has 0 aromatic carbocycles. The fraction of sp³-hybridized carbons (Fsp3) is 0.643. The van der Waals surface area contributed by atoms with Crippen molar-refractivity contribution in [3.63, 3.8) is 0 Å². The molecule has 1 spiro atoms. The largest absolute Gasteiger partial charge is 0.386 e. The van der Waals surface area contributed by atoms with Crippen molar-refractivity contribution in [2.45, 2.75) is 18.8 Å². The molecule has 20 heavy (non-hydrogen) atoms. The summed E-state index contributed by atoms with van der Waals surface area (Å²) in [5, 5.41) is 19.9. The third-order valence-electron chi connectivity index (χ3n) is 5.30. The molecule has 3 aliphatic carbocycles. The molecule has 5 rings (SSSR count). The van der Waals surface area contributed by atoms with Crippen LogP contribution in [0.5, 0.6) is 0 Å². The van der Waals surface area contributed by atoms with Crippen LogP contribution < -0.4 is 5.73 Å². The average molecular weight is 270 g/mol. The van der Waals surface area contributed by atoms with Crippen molar-refractivity contribution in [2.24, 2.45) is 33.4 Å². The lowest BCUT2D eigenvalue weighted by atomic mass is 9.45. The van der Waals surface area contributed by atoms with Crippen molar-refractivity contribution in [1.82, 2.24) is 0 Å². The predicted octanol–water partition coefficient (Wildman–Crippen LogP) is 0.674. The normalized spacial score (nSPS) is 46.8. The predicted molar refractivity (Wildman–Crippen MR) is 67.7 cm³/mol. The molecule has 0 aromatic rings. The van der Waals surface area contributed by atoms with Crippen molar-refractivity contribution in [3.05, 3.63) is 12.2 Å². The zero-order valence-electron chi connectivity index (χ0n) is 10.9. The molecular weight excluding hydrogens is 256 g/mol. The molecule has 4 atom stereocenters. The first-order chi connectivity index (χ1) is 9.67. The van der Waals surface area contributed by atoms with Gasteiger partial charge in [-0.05, 0) is 12.8 Å². The number of rotatable bonds is 0. The zero-order valence-corrected chi connectivity index (χ0v) is 10.9. The maximum Gasteiger partial charge on any atom is 0.293 e. The van der Waals surface area contributed by atoms with E-state index in [1.807, 2.05) is 12.2 Å². The van der Waals surface area contributed by atoms with Crippen LogP contribution in [0.4, 0.5) is 0 Å². The number of nitriles is 2. The van der Waals surface area contributed by atoms with Gasteiger partial charge in [0.2, 0.25) is 0 Å². The van der Waals surface area contributed by atoms with Crippen molar-refractivity contribution < 1.29 is 9.47 Å². The Bertz CT molecular complexity index is 622. The number of nitrogens with zero attached hydrogens (tertiary/aromatic N) is 3. The molecule has 2 heterocycles. The van der Waals surface area contributed by atoms with Gasteiger partial charge < -0.3 is 15.2 Å². The number of nitrogens with two attached hydrogens (primary N) is 1. The van der Waals surface area contributed by atoms with Gasteiger partial charge in [-0.1, -0.05) is 12.2 Å². The fourth-order valence-corrected chi connectivity index (χ4v) is 4.50. The van der Waals surface area contributed by atoms with Gasteiger partial charge in [-0.2, -0.15) is 10.5 Å². The van der Waals surface area contributed by atoms with Gasteiger partial charge in [-0.15, -0.1) is 0 Å². The van der Waals surface area contributed by atoms with Crippen LogP contribution in [0.1, 0.15) is 12.8 Å². The molecule has 1 saturated carbocycles. The number of hydrogen-bond donors (Lipinski definition) is 1. The number of ether oxygens (including phenoxy) is 2. The highest BCUT2D eigenvalue weighted by Crippen LogP contribution is 2.69. The van der Waals surface area contributed by atoms with Crippen LogP contribution in [0.15, 0.2) is 17.1 Å². The van der Waals surface area contributed by atoms with Gasteiger partial charge in [0.05, 0.1) is 25.4 Å². The highest BCUT2D eigenvalue weighted by atomic mass is 16.8. The lowest BCUT2D eigenvalue weighted by molar-refractivity contribution is -0.244. The maximum atomic E-state index is 9.99. The molecule has 102 valence electrons. The van der Waals surface area contributed by atoms with Gasteiger partial charge in [0.1, 0.15) is 11.3 Å². The number of aliphatic imine (C=N–C) groups is 1. The van der Waals surface area contributed by atoms with Gasteiger partial charge in [0.15, 0.2) is 5.41 Å². The van der Waals surface area contributed by atoms with Crippen LogP contribution in [0.2, 0.25) is 0 Å². The Morgan fingerprint density at radius 1 is 1.15 bits per heavy atom. The summed E-state index contributed by atoms with van der Waals surface area (Å²) in [6.07, 6.45) is 5.68. The summed E-state index contributed by atoms with van der Waals surface area (Å²) >= 11 is 0. The molecule has 2 fully saturated rings. The molecule has 1 saturated heterocycles. The summed E-state index contributed by atoms with van der Waals surface area (Å²) in [7, 11) is 0. The van der Waals surface area contributed by atoms with E-state index >= 15 is 0 Å². The second-order valence-corrected chi connectivity index (χ2v) is 5.79. The summed E-state index contributed by atoms with van der Waals surface area (Å²) in [6, 6.07) is 4.66. The third kappa shape index (κ3) is 0.895. The Morgan fingerprint density at radius 3 is 2.35 bits per heavy atom. The van der Waals surface area contributed by atoms with Crippen molar-refractivity contribution in [2.75, 3.05) is 13.2 Å². The molecule has 0 amide bonds. The molecule has 6 nitrogen and oxygen atoms in total. The van der Waals surface area contributed by atoms with Gasteiger partial charge in [-0.3, -0.25) is 0 Å². The molecule has 0 unspecified atom stereocenters. The Labute approximate surface area is 116 Å². The minimum absolute atomic E-state index is 0.104. The van der Waals surface area contributed by atoms with Crippen LogP contribution in [0, 0.1) is 45.3 Å². The Kier molecular flexibility index (Phi) is 2.03. The van der Waals surface area contributed by atoms with E-state index in [1.54, 1.807) is 0 Å². The lowest BCUT2D eigenvalue weighted by Crippen LogP contribution is -2.64. The third-order valence-corrected chi connectivity index (χ3v) is 5.30. The summed E-state index contributed by atoms with van der Waals surface area (Å²) in [4.78, 5) is 4.36. The zero-order chi connectivity index (χ0) is 14.0. The molecule has 6 heteroatoms. The summed E-state index contributed by atoms with van der Waals surface area (Å²) in [5.41, 5.74) is 3.81. The summed E-state index contributed by atoms with van der Waals surface area (Å²) in [5.74, 6) is -1.45. The second-order valence-electron chi connectivity index (χ2n) is 5.79. The SMILES string of the molecule is N#C[C@@]12[C@@H]3C=C[C@@H](CC3)[C@@]1(C#N)C(N)=NC21OCCO1. The van der Waals surface area contributed by atoms with E-state index in [9.17, 15) is 10.5 Å². The topological polar surface area (TPSA) is 104 Å². The number of hydrogen-bond acceptors (Lipinski definition) is 6. The van der Waals surface area contributed by atoms with E-state index < -0.39 is 16.7 Å². The van der Waals surface area contributed by atoms with Crippen molar-refractivity contribution in [3.8, 4) is 12.1 Å². The first kappa shape index (κ1) is 11.9. The Morgan fingerprint density at radius 2 is 1.80 bits per heavy atom. The van der Waals surface area contributed by atoms with E-state index in [4.69, 9.17) is 15.2 Å². The first-order valence-electron chi connectivity index (χ1n) is 6.81. The molecule has 2 N–H and O–H groups in total. The highest BCUT2D eigenvalue weighted by Gasteiger charge is 2.80. The minimum atomic E-state index is -1.41. The quantitative estimate of drug-likeness (QED) is 0.651. The molecule has 2 aliphatic heterocycles.